The van der Waals surface area contributed by atoms with Gasteiger partial charge in [-0.1, -0.05) is 25.0 Å². The topological polar surface area (TPSA) is 70.2 Å². The Morgan fingerprint density at radius 3 is 3.00 bits per heavy atom. The van der Waals surface area contributed by atoms with E-state index >= 15 is 0 Å². The lowest BCUT2D eigenvalue weighted by Gasteiger charge is -2.40. The van der Waals surface area contributed by atoms with Crippen molar-refractivity contribution < 1.29 is 9.53 Å². The molecule has 24 heavy (non-hydrogen) atoms. The van der Waals surface area contributed by atoms with Crippen molar-refractivity contribution in [2.45, 2.75) is 37.7 Å². The molecule has 1 aromatic carbocycles. The van der Waals surface area contributed by atoms with Gasteiger partial charge in [-0.3, -0.25) is 0 Å². The van der Waals surface area contributed by atoms with Gasteiger partial charge in [-0.2, -0.15) is 0 Å². The predicted octanol–water partition coefficient (Wildman–Crippen LogP) is 2.46. The first kappa shape index (κ1) is 15.4. The molecule has 1 saturated heterocycles. The third-order valence-electron chi connectivity index (χ3n) is 5.13. The van der Waals surface area contributed by atoms with Crippen LogP contribution in [0.4, 0.5) is 4.79 Å². The number of carbonyl (C=O) groups excluding carboxylic acids is 1. The molecule has 4 rings (SSSR count). The van der Waals surface area contributed by atoms with E-state index in [0.717, 1.165) is 36.2 Å². The molecule has 1 aliphatic heterocycles. The van der Waals surface area contributed by atoms with Gasteiger partial charge in [0, 0.05) is 19.5 Å². The van der Waals surface area contributed by atoms with E-state index in [-0.39, 0.29) is 11.6 Å². The zero-order valence-corrected chi connectivity index (χ0v) is 13.9. The molecule has 6 nitrogen and oxygen atoms in total. The molecule has 1 spiro atoms. The first-order chi connectivity index (χ1) is 11.7. The molecule has 128 valence electrons. The number of aromatic amines is 1. The van der Waals surface area contributed by atoms with Crippen LogP contribution in [0.5, 0.6) is 0 Å². The fraction of sp³-hybridized carbons (Fsp3) is 0.556. The van der Waals surface area contributed by atoms with Crippen LogP contribution < -0.4 is 5.32 Å². The average molecular weight is 328 g/mol. The van der Waals surface area contributed by atoms with Crippen LogP contribution in [0.15, 0.2) is 24.3 Å². The Morgan fingerprint density at radius 2 is 2.17 bits per heavy atom. The van der Waals surface area contributed by atoms with Gasteiger partial charge in [-0.05, 0) is 25.0 Å². The van der Waals surface area contributed by atoms with E-state index < -0.39 is 0 Å². The third-order valence-corrected chi connectivity index (χ3v) is 5.13. The Bertz CT molecular complexity index is 688. The minimum Gasteiger partial charge on any atom is -0.371 e. The highest BCUT2D eigenvalue weighted by Crippen LogP contribution is 2.35. The molecular weight excluding hydrogens is 304 g/mol. The van der Waals surface area contributed by atoms with Gasteiger partial charge in [-0.15, -0.1) is 0 Å². The van der Waals surface area contributed by atoms with Crippen LogP contribution in [0.25, 0.3) is 11.0 Å². The first-order valence-corrected chi connectivity index (χ1v) is 8.85. The van der Waals surface area contributed by atoms with Gasteiger partial charge < -0.3 is 19.9 Å². The molecule has 0 radical (unpaired) electrons. The molecule has 0 unspecified atom stereocenters. The van der Waals surface area contributed by atoms with Crippen molar-refractivity contribution in [3.8, 4) is 0 Å². The molecule has 2 heterocycles. The van der Waals surface area contributed by atoms with Crippen LogP contribution in [0.2, 0.25) is 0 Å². The van der Waals surface area contributed by atoms with E-state index in [9.17, 15) is 4.79 Å². The summed E-state index contributed by atoms with van der Waals surface area (Å²) >= 11 is 0. The number of hydrogen-bond acceptors (Lipinski definition) is 3. The van der Waals surface area contributed by atoms with E-state index in [1.165, 1.54) is 12.8 Å². The summed E-state index contributed by atoms with van der Waals surface area (Å²) < 4.78 is 5.98. The summed E-state index contributed by atoms with van der Waals surface area (Å²) in [7, 11) is 0. The molecule has 0 bridgehead atoms. The minimum atomic E-state index is -0.0751. The number of rotatable bonds is 3. The molecule has 6 heteroatoms. The molecule has 2 fully saturated rings. The van der Waals surface area contributed by atoms with Gasteiger partial charge >= 0.3 is 6.03 Å². The zero-order valence-electron chi connectivity index (χ0n) is 13.9. The maximum absolute atomic E-state index is 12.4. The lowest BCUT2D eigenvalue weighted by molar-refractivity contribution is -0.0925. The number of amides is 2. The molecule has 1 aliphatic carbocycles. The number of nitrogens with zero attached hydrogens (tertiary/aromatic N) is 2. The average Bonchev–Trinajstić information content (AvgIpc) is 3.21. The van der Waals surface area contributed by atoms with Gasteiger partial charge in [-0.25, -0.2) is 9.78 Å². The van der Waals surface area contributed by atoms with Gasteiger partial charge in [0.25, 0.3) is 0 Å². The first-order valence-electron chi connectivity index (χ1n) is 8.85. The summed E-state index contributed by atoms with van der Waals surface area (Å²) in [6.07, 6.45) is 5.28. The number of urea groups is 1. The summed E-state index contributed by atoms with van der Waals surface area (Å²) in [5.74, 6) is 0.908. The molecule has 2 aliphatic rings. The normalized spacial score (nSPS) is 19.9. The maximum atomic E-state index is 12.4. The van der Waals surface area contributed by atoms with Gasteiger partial charge in [0.15, 0.2) is 0 Å². The summed E-state index contributed by atoms with van der Waals surface area (Å²) in [4.78, 5) is 22.2. The van der Waals surface area contributed by atoms with E-state index in [2.05, 4.69) is 15.3 Å². The summed E-state index contributed by atoms with van der Waals surface area (Å²) in [5, 5.41) is 3.02. The number of aromatic nitrogens is 2. The fourth-order valence-electron chi connectivity index (χ4n) is 3.86. The van der Waals surface area contributed by atoms with Crippen LogP contribution in [-0.4, -0.2) is 52.7 Å². The van der Waals surface area contributed by atoms with Crippen LogP contribution in [0.3, 0.4) is 0 Å². The molecule has 0 atom stereocenters. The lowest BCUT2D eigenvalue weighted by atomic mass is 10.00. The SMILES string of the molecule is O=C(NCCc1nc2ccccc2[nH]1)N1CCOC2(CCCC2)C1. The molecule has 2 aromatic rings. The van der Waals surface area contributed by atoms with Crippen molar-refractivity contribution in [1.82, 2.24) is 20.2 Å². The number of H-pyrrole nitrogens is 1. The smallest absolute Gasteiger partial charge is 0.317 e. The van der Waals surface area contributed by atoms with Crippen molar-refractivity contribution in [1.29, 1.82) is 0 Å². The van der Waals surface area contributed by atoms with Gasteiger partial charge in [0.2, 0.25) is 0 Å². The summed E-state index contributed by atoms with van der Waals surface area (Å²) in [6, 6.07) is 7.98. The number of nitrogens with one attached hydrogen (secondary N) is 2. The monoisotopic (exact) mass is 328 g/mol. The van der Waals surface area contributed by atoms with E-state index in [4.69, 9.17) is 4.74 Å². The highest BCUT2D eigenvalue weighted by molar-refractivity contribution is 5.75. The Balaban J connectivity index is 1.30. The highest BCUT2D eigenvalue weighted by Gasteiger charge is 2.40. The Hall–Kier alpha value is -2.08. The van der Waals surface area contributed by atoms with E-state index in [1.807, 2.05) is 29.2 Å². The Morgan fingerprint density at radius 1 is 1.33 bits per heavy atom. The van der Waals surface area contributed by atoms with Crippen LogP contribution in [-0.2, 0) is 11.2 Å². The van der Waals surface area contributed by atoms with Crippen molar-refractivity contribution >= 4 is 17.1 Å². The fourth-order valence-corrected chi connectivity index (χ4v) is 3.86. The molecule has 2 N–H and O–H groups in total. The van der Waals surface area contributed by atoms with Crippen LogP contribution in [0.1, 0.15) is 31.5 Å². The van der Waals surface area contributed by atoms with Crippen molar-refractivity contribution in [2.75, 3.05) is 26.2 Å². The zero-order chi connectivity index (χ0) is 16.4. The second kappa shape index (κ2) is 6.43. The van der Waals surface area contributed by atoms with Gasteiger partial charge in [0.1, 0.15) is 5.82 Å². The second-order valence-corrected chi connectivity index (χ2v) is 6.84. The van der Waals surface area contributed by atoms with Crippen LogP contribution in [0, 0.1) is 0 Å². The van der Waals surface area contributed by atoms with Crippen molar-refractivity contribution in [3.63, 3.8) is 0 Å². The highest BCUT2D eigenvalue weighted by atomic mass is 16.5. The van der Waals surface area contributed by atoms with E-state index in [1.54, 1.807) is 0 Å². The number of imidazole rings is 1. The van der Waals surface area contributed by atoms with E-state index in [0.29, 0.717) is 26.1 Å². The number of para-hydroxylation sites is 2. The standard InChI is InChI=1S/C18H24N4O2/c23-17(22-11-12-24-18(13-22)8-3-4-9-18)19-10-7-16-20-14-5-1-2-6-15(14)21-16/h1-2,5-6H,3-4,7-13H2,(H,19,23)(H,20,21). The quantitative estimate of drug-likeness (QED) is 0.909. The summed E-state index contributed by atoms with van der Waals surface area (Å²) in [5.41, 5.74) is 1.93. The number of benzene rings is 1. The van der Waals surface area contributed by atoms with Crippen molar-refractivity contribution in [2.24, 2.45) is 0 Å². The molecular formula is C18H24N4O2. The largest absolute Gasteiger partial charge is 0.371 e. The number of hydrogen-bond donors (Lipinski definition) is 2. The molecule has 1 aromatic heterocycles. The van der Waals surface area contributed by atoms with Crippen molar-refractivity contribution in [3.05, 3.63) is 30.1 Å². The Kier molecular flexibility index (Phi) is 4.14. The number of ether oxygens (including phenoxy) is 1. The lowest BCUT2D eigenvalue weighted by Crippen LogP contribution is -2.55. The predicted molar refractivity (Wildman–Crippen MR) is 91.9 cm³/mol. The molecule has 1 saturated carbocycles. The maximum Gasteiger partial charge on any atom is 0.317 e. The molecule has 2 amide bonds. The number of carbonyl (C=O) groups is 1. The summed E-state index contributed by atoms with van der Waals surface area (Å²) in [6.45, 7) is 2.64. The number of fused-ring (bicyclic) bond motifs is 1. The third kappa shape index (κ3) is 3.11. The Labute approximate surface area is 141 Å². The van der Waals surface area contributed by atoms with Crippen LogP contribution >= 0.6 is 0 Å². The second-order valence-electron chi connectivity index (χ2n) is 6.84. The number of morpholine rings is 1. The minimum absolute atomic E-state index is 0.0145. The van der Waals surface area contributed by atoms with Gasteiger partial charge in [0.05, 0.1) is 29.8 Å².